The van der Waals surface area contributed by atoms with Crippen LogP contribution in [0.1, 0.15) is 31.4 Å². The summed E-state index contributed by atoms with van der Waals surface area (Å²) in [6, 6.07) is 0. The van der Waals surface area contributed by atoms with Gasteiger partial charge in [0, 0.05) is 0 Å². The van der Waals surface area contributed by atoms with E-state index in [4.69, 9.17) is 21.1 Å². The fraction of sp³-hybridized carbons (Fsp3) is 0.538. The average molecular weight is 288 g/mol. The zero-order chi connectivity index (χ0) is 14.0. The van der Waals surface area contributed by atoms with Gasteiger partial charge in [0.05, 0.1) is 25.6 Å². The van der Waals surface area contributed by atoms with Crippen LogP contribution >= 0.6 is 11.6 Å². The second kappa shape index (κ2) is 5.74. The van der Waals surface area contributed by atoms with Crippen LogP contribution in [0.4, 0.5) is 4.39 Å². The van der Waals surface area contributed by atoms with Gasteiger partial charge in [-0.15, -0.1) is 0 Å². The Morgan fingerprint density at radius 3 is 2.84 bits per heavy atom. The van der Waals surface area contributed by atoms with Crippen LogP contribution in [0.2, 0.25) is 5.02 Å². The molecule has 0 spiro atoms. The number of halogens is 2. The molecule has 1 aliphatic rings. The molecule has 19 heavy (non-hydrogen) atoms. The minimum Gasteiger partial charge on any atom is -0.493 e. The quantitative estimate of drug-likeness (QED) is 0.781. The molecule has 2 rings (SSSR count). The summed E-state index contributed by atoms with van der Waals surface area (Å²) in [5.74, 6) is -1.28. The number of rotatable bonds is 5. The first-order valence-corrected chi connectivity index (χ1v) is 6.52. The van der Waals surface area contributed by atoms with Crippen LogP contribution in [0, 0.1) is 11.7 Å². The molecule has 0 N–H and O–H groups in total. The van der Waals surface area contributed by atoms with E-state index in [0.717, 1.165) is 19.0 Å². The number of hydrogen-bond acceptors (Lipinski definition) is 4. The summed E-state index contributed by atoms with van der Waals surface area (Å²) >= 11 is 5.86. The maximum absolute atomic E-state index is 13.4. The van der Waals surface area contributed by atoms with Gasteiger partial charge in [0.2, 0.25) is 0 Å². The standard InChI is InChI=1S/C13H15ClFNO3/c1-3-19-13(17)9(7-4-5-7)11-12(18-2)10(14)8(15)6-16-11/h6-7,9H,3-5H2,1-2H3. The lowest BCUT2D eigenvalue weighted by Gasteiger charge is -2.17. The molecule has 1 saturated carbocycles. The zero-order valence-corrected chi connectivity index (χ0v) is 11.5. The van der Waals surface area contributed by atoms with E-state index in [0.29, 0.717) is 12.3 Å². The van der Waals surface area contributed by atoms with E-state index >= 15 is 0 Å². The number of ether oxygens (including phenoxy) is 2. The first-order chi connectivity index (χ1) is 9.10. The van der Waals surface area contributed by atoms with Crippen molar-refractivity contribution in [3.63, 3.8) is 0 Å². The largest absolute Gasteiger partial charge is 0.493 e. The maximum Gasteiger partial charge on any atom is 0.315 e. The highest BCUT2D eigenvalue weighted by molar-refractivity contribution is 6.32. The second-order valence-electron chi connectivity index (χ2n) is 4.41. The van der Waals surface area contributed by atoms with Crippen molar-refractivity contribution in [3.8, 4) is 5.75 Å². The fourth-order valence-corrected chi connectivity index (χ4v) is 2.29. The van der Waals surface area contributed by atoms with E-state index in [1.165, 1.54) is 7.11 Å². The Labute approximate surface area is 115 Å². The summed E-state index contributed by atoms with van der Waals surface area (Å²) in [6.45, 7) is 2.03. The van der Waals surface area contributed by atoms with Gasteiger partial charge < -0.3 is 9.47 Å². The Hall–Kier alpha value is -1.36. The Balaban J connectivity index is 2.42. The predicted molar refractivity (Wildman–Crippen MR) is 67.9 cm³/mol. The third-order valence-corrected chi connectivity index (χ3v) is 3.44. The van der Waals surface area contributed by atoms with Crippen molar-refractivity contribution in [2.24, 2.45) is 5.92 Å². The number of hydrogen-bond donors (Lipinski definition) is 0. The summed E-state index contributed by atoms with van der Waals surface area (Å²) in [5, 5.41) is -0.151. The van der Waals surface area contributed by atoms with E-state index in [9.17, 15) is 9.18 Å². The van der Waals surface area contributed by atoms with Gasteiger partial charge in [0.25, 0.3) is 0 Å². The molecule has 1 unspecified atom stereocenters. The number of esters is 1. The van der Waals surface area contributed by atoms with Gasteiger partial charge in [-0.3, -0.25) is 9.78 Å². The number of aromatic nitrogens is 1. The Morgan fingerprint density at radius 2 is 2.32 bits per heavy atom. The van der Waals surface area contributed by atoms with Gasteiger partial charge >= 0.3 is 5.97 Å². The van der Waals surface area contributed by atoms with Crippen molar-refractivity contribution in [1.29, 1.82) is 0 Å². The third-order valence-electron chi connectivity index (χ3n) is 3.09. The minimum atomic E-state index is -0.666. The van der Waals surface area contributed by atoms with E-state index < -0.39 is 11.7 Å². The van der Waals surface area contributed by atoms with Gasteiger partial charge in [-0.1, -0.05) is 11.6 Å². The lowest BCUT2D eigenvalue weighted by Crippen LogP contribution is -2.20. The Morgan fingerprint density at radius 1 is 1.63 bits per heavy atom. The molecular weight excluding hydrogens is 273 g/mol. The molecule has 4 nitrogen and oxygen atoms in total. The first kappa shape index (κ1) is 14.1. The van der Waals surface area contributed by atoms with E-state index in [2.05, 4.69) is 4.98 Å². The molecule has 6 heteroatoms. The molecule has 1 aliphatic carbocycles. The third kappa shape index (κ3) is 2.81. The molecule has 1 atom stereocenters. The summed E-state index contributed by atoms with van der Waals surface area (Å²) < 4.78 is 23.5. The molecule has 0 amide bonds. The van der Waals surface area contributed by atoms with Crippen LogP contribution in [0.25, 0.3) is 0 Å². The summed E-state index contributed by atoms with van der Waals surface area (Å²) in [4.78, 5) is 16.0. The van der Waals surface area contributed by atoms with Crippen LogP contribution in [0.5, 0.6) is 5.75 Å². The lowest BCUT2D eigenvalue weighted by atomic mass is 9.98. The smallest absolute Gasteiger partial charge is 0.315 e. The van der Waals surface area contributed by atoms with Crippen molar-refractivity contribution < 1.29 is 18.7 Å². The van der Waals surface area contributed by atoms with Gasteiger partial charge in [0.15, 0.2) is 11.6 Å². The highest BCUT2D eigenvalue weighted by atomic mass is 35.5. The molecule has 104 valence electrons. The van der Waals surface area contributed by atoms with Gasteiger partial charge in [-0.05, 0) is 25.7 Å². The van der Waals surface area contributed by atoms with Gasteiger partial charge in [-0.2, -0.15) is 0 Å². The minimum absolute atomic E-state index is 0.117. The maximum atomic E-state index is 13.4. The molecule has 1 aromatic rings. The molecule has 0 aromatic carbocycles. The van der Waals surface area contributed by atoms with Crippen molar-refractivity contribution in [3.05, 3.63) is 22.7 Å². The van der Waals surface area contributed by atoms with E-state index in [-0.39, 0.29) is 22.7 Å². The number of carbonyl (C=O) groups is 1. The van der Waals surface area contributed by atoms with Crippen LogP contribution in [0.3, 0.4) is 0 Å². The predicted octanol–water partition coefficient (Wildman–Crippen LogP) is 2.94. The number of methoxy groups -OCH3 is 1. The molecule has 0 saturated heterocycles. The number of nitrogens with zero attached hydrogens (tertiary/aromatic N) is 1. The van der Waals surface area contributed by atoms with Crippen LogP contribution in [-0.2, 0) is 9.53 Å². The summed E-state index contributed by atoms with van der Waals surface area (Å²) in [6.07, 6.45) is 2.85. The molecule has 0 bridgehead atoms. The van der Waals surface area contributed by atoms with Crippen molar-refractivity contribution in [2.45, 2.75) is 25.7 Å². The van der Waals surface area contributed by atoms with Crippen LogP contribution < -0.4 is 4.74 Å². The molecule has 1 heterocycles. The SMILES string of the molecule is CCOC(=O)C(c1ncc(F)c(Cl)c1OC)C1CC1. The molecule has 1 aromatic heterocycles. The van der Waals surface area contributed by atoms with Crippen molar-refractivity contribution in [2.75, 3.05) is 13.7 Å². The van der Waals surface area contributed by atoms with Gasteiger partial charge in [-0.25, -0.2) is 4.39 Å². The van der Waals surface area contributed by atoms with Crippen LogP contribution in [-0.4, -0.2) is 24.7 Å². The Bertz CT molecular complexity index is 491. The molecule has 1 fully saturated rings. The van der Waals surface area contributed by atoms with Crippen molar-refractivity contribution in [1.82, 2.24) is 4.98 Å². The van der Waals surface area contributed by atoms with Gasteiger partial charge in [0.1, 0.15) is 10.9 Å². The van der Waals surface area contributed by atoms with Crippen molar-refractivity contribution >= 4 is 17.6 Å². The first-order valence-electron chi connectivity index (χ1n) is 6.14. The second-order valence-corrected chi connectivity index (χ2v) is 4.78. The van der Waals surface area contributed by atoms with E-state index in [1.54, 1.807) is 6.92 Å². The monoisotopic (exact) mass is 287 g/mol. The van der Waals surface area contributed by atoms with Crippen LogP contribution in [0.15, 0.2) is 6.20 Å². The van der Waals surface area contributed by atoms with E-state index in [1.807, 2.05) is 0 Å². The average Bonchev–Trinajstić information content (AvgIpc) is 3.19. The number of pyridine rings is 1. The lowest BCUT2D eigenvalue weighted by molar-refractivity contribution is -0.145. The zero-order valence-electron chi connectivity index (χ0n) is 10.8. The summed E-state index contributed by atoms with van der Waals surface area (Å²) in [7, 11) is 1.38. The highest BCUT2D eigenvalue weighted by Gasteiger charge is 2.41. The Kier molecular flexibility index (Phi) is 4.24. The topological polar surface area (TPSA) is 48.4 Å². The normalized spacial score (nSPS) is 16.0. The fourth-order valence-electron chi connectivity index (χ4n) is 2.07. The number of carbonyl (C=O) groups excluding carboxylic acids is 1. The summed E-state index contributed by atoms with van der Waals surface area (Å²) in [5.41, 5.74) is 0.356. The molecule has 0 aliphatic heterocycles. The molecule has 0 radical (unpaired) electrons. The highest BCUT2D eigenvalue weighted by Crippen LogP contribution is 2.46. The molecular formula is C13H15ClFNO3.